The number of fused-ring (bicyclic) bond motifs is 1. The van der Waals surface area contributed by atoms with Gasteiger partial charge in [0, 0.05) is 114 Å². The maximum atomic E-state index is 15.3. The molecule has 0 spiro atoms. The largest absolute Gasteiger partial charge is 0.481 e. The molecule has 6 rings (SSSR count). The number of hydrogen-bond donors (Lipinski definition) is 25. The molecule has 3 aromatic carbocycles. The number of H-pyrrole nitrogens is 2. The number of carboxylic acids is 6. The van der Waals surface area contributed by atoms with E-state index in [1.54, 1.807) is 107 Å². The Kier molecular flexibility index (Phi) is 45.9. The normalized spacial score (nSPS) is 15.6. The van der Waals surface area contributed by atoms with Crippen molar-refractivity contribution in [3.05, 3.63) is 126 Å². The van der Waals surface area contributed by atoms with Gasteiger partial charge in [-0.15, -0.1) is 0 Å². The molecule has 0 radical (unpaired) electrons. The molecule has 137 heavy (non-hydrogen) atoms. The second-order valence-corrected chi connectivity index (χ2v) is 33.9. The average Bonchev–Trinajstić information content (AvgIpc) is 1.70. The summed E-state index contributed by atoms with van der Waals surface area (Å²) in [6.45, 7) is 5.32. The van der Waals surface area contributed by atoms with Crippen LogP contribution in [0.25, 0.3) is 10.9 Å². The van der Waals surface area contributed by atoms with Crippen molar-refractivity contribution < 1.29 is 127 Å². The van der Waals surface area contributed by atoms with Crippen molar-refractivity contribution in [2.24, 2.45) is 23.3 Å². The molecular weight excluding hydrogens is 1800 g/mol. The maximum absolute atomic E-state index is 15.3. The molecule has 0 saturated carbocycles. The van der Waals surface area contributed by atoms with E-state index in [0.29, 0.717) is 27.6 Å². The highest BCUT2D eigenvalue weighted by Gasteiger charge is 2.40. The molecule has 5 aromatic rings. The number of carboxylic acid groups (broad SMARTS) is 6. The van der Waals surface area contributed by atoms with Crippen LogP contribution in [0.1, 0.15) is 108 Å². The third-order valence-corrected chi connectivity index (χ3v) is 21.7. The topological polar surface area (TPSA) is 756 Å². The number of aliphatic carboxylic acids is 6. The van der Waals surface area contributed by atoms with Gasteiger partial charge in [-0.1, -0.05) is 107 Å². The zero-order valence-electron chi connectivity index (χ0n) is 76.6. The summed E-state index contributed by atoms with van der Waals surface area (Å²) >= 11 is 0. The number of aliphatic hydroxyl groups is 1. The molecule has 1 fully saturated rings. The predicted octanol–water partition coefficient (Wildman–Crippen LogP) is -5.88. The Morgan fingerprint density at radius 3 is 1.21 bits per heavy atom. The first-order chi connectivity index (χ1) is 64.9. The molecule has 748 valence electrons. The van der Waals surface area contributed by atoms with Gasteiger partial charge in [-0.3, -0.25) is 116 Å². The molecule has 1 saturated heterocycles. The first-order valence-corrected chi connectivity index (χ1v) is 44.3. The lowest BCUT2D eigenvalue weighted by atomic mass is 9.99. The Morgan fingerprint density at radius 2 is 0.796 bits per heavy atom. The number of primary amides is 1. The summed E-state index contributed by atoms with van der Waals surface area (Å²) in [6, 6.07) is 3.70. The molecule has 3 heterocycles. The van der Waals surface area contributed by atoms with Gasteiger partial charge >= 0.3 is 35.8 Å². The van der Waals surface area contributed by atoms with Crippen LogP contribution >= 0.6 is 0 Å². The van der Waals surface area contributed by atoms with Gasteiger partial charge in [-0.25, -0.2) is 4.98 Å². The van der Waals surface area contributed by atoms with Crippen LogP contribution in [0.15, 0.2) is 104 Å². The number of aromatic amines is 2. The van der Waals surface area contributed by atoms with E-state index in [1.165, 1.54) is 44.3 Å². The van der Waals surface area contributed by atoms with Crippen LogP contribution in [0.3, 0.4) is 0 Å². The van der Waals surface area contributed by atoms with Crippen molar-refractivity contribution >= 4 is 129 Å². The highest BCUT2D eigenvalue weighted by molar-refractivity contribution is 6.01. The number of rotatable bonds is 56. The third kappa shape index (κ3) is 41.0. The SMILES string of the molecule is CC(C)C[C@H](NC(=O)[C@H](Cc1c[nH]c2ccccc12)NC(=O)[C@H](Cc1ccccc1)NC(=O)[C@H](CC(C)C)NC(=O)[C@H](CC(=O)O)NC(=O)[C@H](CC(=O)O)NC(=O)[C@H](Cc1ccccc1)NC(=O)[C@@H](NC(=O)CN1CCN(CC(=O)O)CCN(CC(=O)O)CCN(CC(=O)O)CC1)[C@@H](C)O)C(=O)N[C@@H](CCC(=O)O)C(=O)NCC(=O)N[C@@H](Cc1c[nH]cn1)C(=O)N[C@@H](CCCNC(=N)N)C(N)=O. The summed E-state index contributed by atoms with van der Waals surface area (Å²) in [7, 11) is 0. The standard InChI is InChI=1S/C88H125N23O26/c1-49(2)33-60(79(129)99-59(22-23-70(115)116)78(128)95-43-68(113)97-65(38-55-42-92-48-96-55)84(134)98-58(77(89)127)21-14-24-93-88(90)91)100-83(133)64(37-54-41-94-57-20-13-12-19-56(54)57)103-81(131)62(35-52-15-8-6-9-16-52)102-80(130)61(34-50(3)4)101-85(135)66(39-71(117)118)105-86(136)67(40-72(119)120)104-82(132)63(36-53-17-10-7-11-18-53)106-87(137)76(51(5)112)107-69(114)44-108-25-27-109(45-73(121)122)29-31-111(47-75(125)126)32-30-110(28-26-108)46-74(123)124/h6-13,15-20,41-42,48-51,58-67,76,94,112H,14,21-40,43-47H2,1-5H3,(H2,89,127)(H,92,96)(H,95,128)(H,97,113)(H,98,134)(H,99,129)(H,100,133)(H,101,135)(H,102,130)(H,103,131)(H,104,132)(H,105,136)(H,106,137)(H,107,114)(H,115,116)(H,117,118)(H,119,120)(H,121,122)(H,123,124)(H,125,126)(H4,90,91,93)/t51-,58+,59+,60+,61+,62+,63+,64+,65+,66+,67+,76+/m1/s1. The monoisotopic (exact) mass is 1920 g/mol. The molecule has 0 bridgehead atoms. The van der Waals surface area contributed by atoms with Gasteiger partial charge in [0.05, 0.1) is 63.7 Å². The molecule has 49 nitrogen and oxygen atoms in total. The van der Waals surface area contributed by atoms with Crippen molar-refractivity contribution in [1.82, 2.24) is 104 Å². The van der Waals surface area contributed by atoms with Gasteiger partial charge in [0.1, 0.15) is 66.5 Å². The van der Waals surface area contributed by atoms with E-state index in [9.17, 15) is 112 Å². The highest BCUT2D eigenvalue weighted by atomic mass is 16.4. The number of benzene rings is 3. The van der Waals surface area contributed by atoms with Crippen LogP contribution in [0.5, 0.6) is 0 Å². The molecule has 12 atom stereocenters. The molecule has 2 aromatic heterocycles. The molecule has 1 aliphatic rings. The number of nitrogens with two attached hydrogens (primary N) is 2. The minimum Gasteiger partial charge on any atom is -0.481 e. The van der Waals surface area contributed by atoms with Gasteiger partial charge in [-0.2, -0.15) is 0 Å². The number of aromatic nitrogens is 3. The average molecular weight is 1920 g/mol. The minimum absolute atomic E-state index is 0.000379. The predicted molar refractivity (Wildman–Crippen MR) is 488 cm³/mol. The minimum atomic E-state index is -2.20. The highest BCUT2D eigenvalue weighted by Crippen LogP contribution is 2.21. The quantitative estimate of drug-likeness (QED) is 0.00979. The van der Waals surface area contributed by atoms with Crippen molar-refractivity contribution in [1.29, 1.82) is 5.41 Å². The first-order valence-electron chi connectivity index (χ1n) is 44.3. The summed E-state index contributed by atoms with van der Waals surface area (Å²) < 4.78 is 0. The van der Waals surface area contributed by atoms with E-state index in [-0.39, 0.29) is 116 Å². The number of nitrogens with one attached hydrogen (secondary N) is 16. The van der Waals surface area contributed by atoms with E-state index < -0.39 is 262 Å². The summed E-state index contributed by atoms with van der Waals surface area (Å²) in [5.41, 5.74) is 13.0. The van der Waals surface area contributed by atoms with Gasteiger partial charge in [0.25, 0.3) is 0 Å². The smallest absolute Gasteiger partial charge is 0.317 e. The van der Waals surface area contributed by atoms with Gasteiger partial charge in [0.15, 0.2) is 5.96 Å². The van der Waals surface area contributed by atoms with E-state index in [0.717, 1.165) is 6.92 Å². The number of hydrogen-bond acceptors (Lipinski definition) is 26. The first kappa shape index (κ1) is 111. The van der Waals surface area contributed by atoms with Gasteiger partial charge in [0.2, 0.25) is 76.8 Å². The summed E-state index contributed by atoms with van der Waals surface area (Å²) in [5, 5.41) is 111. The zero-order valence-corrected chi connectivity index (χ0v) is 76.6. The summed E-state index contributed by atoms with van der Waals surface area (Å²) in [6.07, 6.45) is -2.77. The maximum Gasteiger partial charge on any atom is 0.317 e. The fraction of sp³-hybridized carbons (Fsp3) is 0.511. The molecule has 13 amide bonds. The third-order valence-electron chi connectivity index (χ3n) is 21.7. The summed E-state index contributed by atoms with van der Waals surface area (Å²) in [4.78, 5) is 276. The molecule has 0 aliphatic carbocycles. The fourth-order valence-electron chi connectivity index (χ4n) is 14.8. The van der Waals surface area contributed by atoms with Crippen LogP contribution in [-0.2, 0) is 117 Å². The zero-order chi connectivity index (χ0) is 101. The van der Waals surface area contributed by atoms with Crippen molar-refractivity contribution in [2.75, 3.05) is 91.6 Å². The number of carbonyl (C=O) groups is 19. The number of nitrogens with zero attached hydrogens (tertiary/aromatic N) is 5. The molecular formula is C88H125N23O26. The van der Waals surface area contributed by atoms with E-state index >= 15 is 14.4 Å². The van der Waals surface area contributed by atoms with Gasteiger partial charge < -0.3 is 126 Å². The van der Waals surface area contributed by atoms with Crippen molar-refractivity contribution in [2.45, 2.75) is 184 Å². The lowest BCUT2D eigenvalue weighted by molar-refractivity contribution is -0.143. The summed E-state index contributed by atoms with van der Waals surface area (Å²) in [5.74, 6) is -24.0. The van der Waals surface area contributed by atoms with E-state index in [1.807, 2.05) is 0 Å². The molecule has 49 heteroatoms. The number of amides is 13. The lowest BCUT2D eigenvalue weighted by Gasteiger charge is -2.33. The number of imidazole rings is 1. The van der Waals surface area contributed by atoms with E-state index in [4.69, 9.17) is 16.9 Å². The lowest BCUT2D eigenvalue weighted by Crippen LogP contribution is -2.62. The van der Waals surface area contributed by atoms with Gasteiger partial charge in [-0.05, 0) is 73.6 Å². The molecule has 0 unspecified atom stereocenters. The Hall–Kier alpha value is -14.6. The number of para-hydroxylation sites is 1. The second kappa shape index (κ2) is 56.6. The molecule has 1 aliphatic heterocycles. The Morgan fingerprint density at radius 1 is 0.401 bits per heavy atom. The van der Waals surface area contributed by atoms with Crippen LogP contribution in [0, 0.1) is 17.2 Å². The Balaban J connectivity index is 1.23. The number of aliphatic hydroxyl groups excluding tert-OH is 1. The van der Waals surface area contributed by atoms with Crippen LogP contribution in [0.2, 0.25) is 0 Å². The van der Waals surface area contributed by atoms with Crippen LogP contribution < -0.4 is 80.6 Å². The van der Waals surface area contributed by atoms with Crippen molar-refractivity contribution in [3.63, 3.8) is 0 Å². The fourth-order valence-corrected chi connectivity index (χ4v) is 14.8. The van der Waals surface area contributed by atoms with Crippen LogP contribution in [-0.4, -0.2) is 353 Å². The number of carbonyl (C=O) groups excluding carboxylic acids is 13. The Labute approximate surface area is 787 Å². The second-order valence-electron chi connectivity index (χ2n) is 33.9. The molecule has 27 N–H and O–H groups in total. The Bertz CT molecular complexity index is 4930. The van der Waals surface area contributed by atoms with E-state index in [2.05, 4.69) is 84.1 Å². The van der Waals surface area contributed by atoms with Crippen molar-refractivity contribution in [3.8, 4) is 0 Å². The van der Waals surface area contributed by atoms with Crippen LogP contribution in [0.4, 0.5) is 0 Å². The number of guanidine groups is 1.